The van der Waals surface area contributed by atoms with Crippen LogP contribution < -0.4 is 5.32 Å². The molecule has 13 heavy (non-hydrogen) atoms. The SMILES string of the molecule is O=C1CC[C@H](C(=O)N2CCCC2)N1. The van der Waals surface area contributed by atoms with Gasteiger partial charge in [0.1, 0.15) is 6.04 Å². The molecule has 4 heteroatoms. The van der Waals surface area contributed by atoms with Gasteiger partial charge in [-0.05, 0) is 19.3 Å². The fraction of sp³-hybridized carbons (Fsp3) is 0.778. The van der Waals surface area contributed by atoms with E-state index in [1.807, 2.05) is 4.90 Å². The minimum Gasteiger partial charge on any atom is -0.344 e. The quantitative estimate of drug-likeness (QED) is 0.615. The lowest BCUT2D eigenvalue weighted by Crippen LogP contribution is -2.43. The predicted octanol–water partition coefficient (Wildman–Crippen LogP) is -0.113. The van der Waals surface area contributed by atoms with E-state index in [0.29, 0.717) is 12.8 Å². The molecule has 0 aliphatic carbocycles. The summed E-state index contributed by atoms with van der Waals surface area (Å²) < 4.78 is 0. The maximum absolute atomic E-state index is 11.7. The van der Waals surface area contributed by atoms with Gasteiger partial charge >= 0.3 is 0 Å². The van der Waals surface area contributed by atoms with Crippen molar-refractivity contribution in [1.29, 1.82) is 0 Å². The van der Waals surface area contributed by atoms with Crippen molar-refractivity contribution in [2.75, 3.05) is 13.1 Å². The summed E-state index contributed by atoms with van der Waals surface area (Å²) in [7, 11) is 0. The van der Waals surface area contributed by atoms with Crippen LogP contribution in [0.2, 0.25) is 0 Å². The highest BCUT2D eigenvalue weighted by molar-refractivity contribution is 5.90. The first-order chi connectivity index (χ1) is 6.27. The average molecular weight is 182 g/mol. The molecule has 4 nitrogen and oxygen atoms in total. The first-order valence-corrected chi connectivity index (χ1v) is 4.85. The second-order valence-electron chi connectivity index (χ2n) is 3.69. The summed E-state index contributed by atoms with van der Waals surface area (Å²) in [6, 6.07) is -0.231. The third-order valence-corrected chi connectivity index (χ3v) is 2.71. The molecule has 2 aliphatic rings. The molecule has 1 N–H and O–H groups in total. The van der Waals surface area contributed by atoms with Gasteiger partial charge in [-0.3, -0.25) is 9.59 Å². The highest BCUT2D eigenvalue weighted by Gasteiger charge is 2.31. The number of likely N-dealkylation sites (tertiary alicyclic amines) is 1. The Morgan fingerprint density at radius 1 is 1.38 bits per heavy atom. The highest BCUT2D eigenvalue weighted by Crippen LogP contribution is 2.14. The molecule has 0 spiro atoms. The molecule has 2 aliphatic heterocycles. The lowest BCUT2D eigenvalue weighted by atomic mass is 10.2. The summed E-state index contributed by atoms with van der Waals surface area (Å²) in [5, 5.41) is 2.70. The van der Waals surface area contributed by atoms with Gasteiger partial charge in [-0.25, -0.2) is 0 Å². The van der Waals surface area contributed by atoms with Crippen LogP contribution in [0, 0.1) is 0 Å². The Morgan fingerprint density at radius 3 is 2.62 bits per heavy atom. The van der Waals surface area contributed by atoms with Gasteiger partial charge in [-0.15, -0.1) is 0 Å². The van der Waals surface area contributed by atoms with E-state index < -0.39 is 0 Å². The molecule has 0 saturated carbocycles. The van der Waals surface area contributed by atoms with Gasteiger partial charge in [0.2, 0.25) is 11.8 Å². The highest BCUT2D eigenvalue weighted by atomic mass is 16.2. The van der Waals surface area contributed by atoms with Crippen LogP contribution in [-0.4, -0.2) is 35.8 Å². The van der Waals surface area contributed by atoms with Crippen LogP contribution in [0.3, 0.4) is 0 Å². The molecule has 2 heterocycles. The van der Waals surface area contributed by atoms with E-state index in [4.69, 9.17) is 0 Å². The van der Waals surface area contributed by atoms with Crippen LogP contribution in [0.5, 0.6) is 0 Å². The molecular formula is C9H14N2O2. The summed E-state index contributed by atoms with van der Waals surface area (Å²) in [5.41, 5.74) is 0. The Kier molecular flexibility index (Phi) is 2.20. The van der Waals surface area contributed by atoms with Gasteiger partial charge in [-0.2, -0.15) is 0 Å². The number of amides is 2. The van der Waals surface area contributed by atoms with Gasteiger partial charge in [0.25, 0.3) is 0 Å². The van der Waals surface area contributed by atoms with Gasteiger partial charge in [0.05, 0.1) is 0 Å². The standard InChI is InChI=1S/C9H14N2O2/c12-8-4-3-7(10-8)9(13)11-5-1-2-6-11/h7H,1-6H2,(H,10,12)/t7-/m1/s1. The molecule has 0 aromatic rings. The molecule has 0 radical (unpaired) electrons. The Morgan fingerprint density at radius 2 is 2.08 bits per heavy atom. The van der Waals surface area contributed by atoms with Crippen LogP contribution in [0.15, 0.2) is 0 Å². The summed E-state index contributed by atoms with van der Waals surface area (Å²) in [6.45, 7) is 1.73. The first-order valence-electron chi connectivity index (χ1n) is 4.85. The van der Waals surface area contributed by atoms with E-state index >= 15 is 0 Å². The molecule has 72 valence electrons. The van der Waals surface area contributed by atoms with E-state index in [1.165, 1.54) is 0 Å². The number of carbonyl (C=O) groups excluding carboxylic acids is 2. The van der Waals surface area contributed by atoms with Crippen LogP contribution in [-0.2, 0) is 9.59 Å². The molecular weight excluding hydrogens is 168 g/mol. The Hall–Kier alpha value is -1.06. The van der Waals surface area contributed by atoms with Crippen molar-refractivity contribution in [2.45, 2.75) is 31.7 Å². The maximum Gasteiger partial charge on any atom is 0.245 e. The van der Waals surface area contributed by atoms with Crippen molar-refractivity contribution < 1.29 is 9.59 Å². The van der Waals surface area contributed by atoms with Crippen LogP contribution in [0.1, 0.15) is 25.7 Å². The van der Waals surface area contributed by atoms with Gasteiger partial charge < -0.3 is 10.2 Å². The van der Waals surface area contributed by atoms with Crippen molar-refractivity contribution in [3.05, 3.63) is 0 Å². The molecule has 1 atom stereocenters. The lowest BCUT2D eigenvalue weighted by Gasteiger charge is -2.19. The Labute approximate surface area is 77.3 Å². The number of carbonyl (C=O) groups is 2. The van der Waals surface area contributed by atoms with Crippen LogP contribution in [0.25, 0.3) is 0 Å². The first kappa shape index (κ1) is 8.53. The zero-order chi connectivity index (χ0) is 9.26. The third-order valence-electron chi connectivity index (χ3n) is 2.71. The fourth-order valence-electron chi connectivity index (χ4n) is 1.96. The maximum atomic E-state index is 11.7. The molecule has 0 aromatic heterocycles. The monoisotopic (exact) mass is 182 g/mol. The van der Waals surface area contributed by atoms with Crippen molar-refractivity contribution in [1.82, 2.24) is 10.2 Å². The predicted molar refractivity (Wildman–Crippen MR) is 47.0 cm³/mol. The normalized spacial score (nSPS) is 27.8. The van der Waals surface area contributed by atoms with Crippen molar-refractivity contribution in [3.63, 3.8) is 0 Å². The fourth-order valence-corrected chi connectivity index (χ4v) is 1.96. The second kappa shape index (κ2) is 3.36. The number of nitrogens with one attached hydrogen (secondary N) is 1. The van der Waals surface area contributed by atoms with Crippen molar-refractivity contribution >= 4 is 11.8 Å². The van der Waals surface area contributed by atoms with E-state index in [2.05, 4.69) is 5.32 Å². The molecule has 2 fully saturated rings. The topological polar surface area (TPSA) is 49.4 Å². The summed E-state index contributed by atoms with van der Waals surface area (Å²) in [4.78, 5) is 24.5. The van der Waals surface area contributed by atoms with Crippen LogP contribution in [0.4, 0.5) is 0 Å². The lowest BCUT2D eigenvalue weighted by molar-refractivity contribution is -0.133. The summed E-state index contributed by atoms with van der Waals surface area (Å²) >= 11 is 0. The molecule has 0 unspecified atom stereocenters. The van der Waals surface area contributed by atoms with E-state index in [0.717, 1.165) is 25.9 Å². The Bertz CT molecular complexity index is 234. The van der Waals surface area contributed by atoms with E-state index in [9.17, 15) is 9.59 Å². The minimum absolute atomic E-state index is 0.0116. The number of hydrogen-bond acceptors (Lipinski definition) is 2. The minimum atomic E-state index is -0.231. The second-order valence-corrected chi connectivity index (χ2v) is 3.69. The van der Waals surface area contributed by atoms with Crippen molar-refractivity contribution in [3.8, 4) is 0 Å². The van der Waals surface area contributed by atoms with Gasteiger partial charge in [-0.1, -0.05) is 0 Å². The van der Waals surface area contributed by atoms with Crippen molar-refractivity contribution in [2.24, 2.45) is 0 Å². The molecule has 2 saturated heterocycles. The van der Waals surface area contributed by atoms with E-state index in [1.54, 1.807) is 0 Å². The smallest absolute Gasteiger partial charge is 0.245 e. The molecule has 2 amide bonds. The molecule has 2 rings (SSSR count). The van der Waals surface area contributed by atoms with Crippen LogP contribution >= 0.6 is 0 Å². The number of nitrogens with zero attached hydrogens (tertiary/aromatic N) is 1. The van der Waals surface area contributed by atoms with E-state index in [-0.39, 0.29) is 17.9 Å². The molecule has 0 aromatic carbocycles. The zero-order valence-electron chi connectivity index (χ0n) is 7.58. The summed E-state index contributed by atoms with van der Waals surface area (Å²) in [6.07, 6.45) is 3.39. The van der Waals surface area contributed by atoms with Gasteiger partial charge in [0, 0.05) is 19.5 Å². The Balaban J connectivity index is 1.92. The molecule has 0 bridgehead atoms. The van der Waals surface area contributed by atoms with Gasteiger partial charge in [0.15, 0.2) is 0 Å². The summed E-state index contributed by atoms with van der Waals surface area (Å²) in [5.74, 6) is 0.126. The number of hydrogen-bond donors (Lipinski definition) is 1. The zero-order valence-corrected chi connectivity index (χ0v) is 7.58. The average Bonchev–Trinajstić information content (AvgIpc) is 2.72. The third kappa shape index (κ3) is 1.66. The number of rotatable bonds is 1. The largest absolute Gasteiger partial charge is 0.344 e.